The Morgan fingerprint density at radius 1 is 1.29 bits per heavy atom. The summed E-state index contributed by atoms with van der Waals surface area (Å²) in [5, 5.41) is 0. The van der Waals surface area contributed by atoms with E-state index in [4.69, 9.17) is 5.73 Å². The molecule has 2 rings (SSSR count). The lowest BCUT2D eigenvalue weighted by atomic mass is 9.73. The molecule has 1 heterocycles. The average Bonchev–Trinajstić information content (AvgIpc) is 2.55. The number of nitrogens with two attached hydrogens (primary N) is 1. The van der Waals surface area contributed by atoms with Crippen LogP contribution in [-0.4, -0.2) is 29.8 Å². The molecule has 96 valence electrons. The Balaban J connectivity index is 2.10. The first-order valence-electron chi connectivity index (χ1n) is 6.64. The van der Waals surface area contributed by atoms with E-state index in [-0.39, 0.29) is 23.1 Å². The van der Waals surface area contributed by atoms with E-state index in [1.54, 1.807) is 0 Å². The van der Waals surface area contributed by atoms with Gasteiger partial charge in [-0.3, -0.25) is 14.5 Å². The highest BCUT2D eigenvalue weighted by Gasteiger charge is 2.51. The normalized spacial score (nSPS) is 25.6. The fourth-order valence-electron chi connectivity index (χ4n) is 3.05. The Morgan fingerprint density at radius 2 is 1.94 bits per heavy atom. The van der Waals surface area contributed by atoms with Crippen molar-refractivity contribution in [3.8, 4) is 0 Å². The monoisotopic (exact) mass is 238 g/mol. The fraction of sp³-hybridized carbons (Fsp3) is 0.846. The summed E-state index contributed by atoms with van der Waals surface area (Å²) in [6.45, 7) is 2.99. The number of hydrogen-bond donors (Lipinski definition) is 1. The van der Waals surface area contributed by atoms with Crippen LogP contribution in [0, 0.1) is 11.3 Å². The second-order valence-corrected chi connectivity index (χ2v) is 5.67. The number of hydrogen-bond acceptors (Lipinski definition) is 3. The molecule has 1 saturated heterocycles. The molecule has 0 aromatic heterocycles. The van der Waals surface area contributed by atoms with E-state index in [2.05, 4.69) is 0 Å². The second-order valence-electron chi connectivity index (χ2n) is 5.67. The molecule has 1 atom stereocenters. The maximum Gasteiger partial charge on any atom is 0.235 e. The SMILES string of the molecule is CC(CN)CN1C(=O)CC2(CCCCC2)C1=O. The van der Waals surface area contributed by atoms with Gasteiger partial charge in [-0.05, 0) is 25.3 Å². The first-order chi connectivity index (χ1) is 8.09. The van der Waals surface area contributed by atoms with E-state index in [0.717, 1.165) is 25.7 Å². The van der Waals surface area contributed by atoms with Gasteiger partial charge < -0.3 is 5.73 Å². The second kappa shape index (κ2) is 4.77. The predicted molar refractivity (Wildman–Crippen MR) is 65.1 cm³/mol. The summed E-state index contributed by atoms with van der Waals surface area (Å²) < 4.78 is 0. The molecule has 2 amide bonds. The zero-order chi connectivity index (χ0) is 12.5. The summed E-state index contributed by atoms with van der Waals surface area (Å²) in [6, 6.07) is 0. The minimum atomic E-state index is -0.344. The van der Waals surface area contributed by atoms with Gasteiger partial charge in [0.2, 0.25) is 11.8 Å². The van der Waals surface area contributed by atoms with Gasteiger partial charge in [-0.15, -0.1) is 0 Å². The Kier molecular flexibility index (Phi) is 3.52. The van der Waals surface area contributed by atoms with Crippen molar-refractivity contribution in [2.24, 2.45) is 17.1 Å². The molecule has 1 unspecified atom stereocenters. The number of imide groups is 1. The molecule has 2 fully saturated rings. The number of rotatable bonds is 3. The minimum absolute atomic E-state index is 0.0113. The summed E-state index contributed by atoms with van der Waals surface area (Å²) in [4.78, 5) is 25.8. The van der Waals surface area contributed by atoms with Crippen LogP contribution < -0.4 is 5.73 Å². The Morgan fingerprint density at radius 3 is 2.53 bits per heavy atom. The van der Waals surface area contributed by atoms with E-state index in [1.807, 2.05) is 6.92 Å². The van der Waals surface area contributed by atoms with E-state index in [1.165, 1.54) is 11.3 Å². The molecule has 0 radical (unpaired) electrons. The van der Waals surface area contributed by atoms with Crippen molar-refractivity contribution in [1.29, 1.82) is 0 Å². The van der Waals surface area contributed by atoms with Crippen molar-refractivity contribution in [2.75, 3.05) is 13.1 Å². The molecule has 0 aromatic rings. The summed E-state index contributed by atoms with van der Waals surface area (Å²) in [7, 11) is 0. The summed E-state index contributed by atoms with van der Waals surface area (Å²) >= 11 is 0. The van der Waals surface area contributed by atoms with Crippen molar-refractivity contribution >= 4 is 11.8 Å². The van der Waals surface area contributed by atoms with Crippen molar-refractivity contribution in [2.45, 2.75) is 45.4 Å². The lowest BCUT2D eigenvalue weighted by Crippen LogP contribution is -2.40. The molecule has 1 spiro atoms. The molecule has 1 saturated carbocycles. The average molecular weight is 238 g/mol. The molecule has 1 aliphatic carbocycles. The molecule has 1 aliphatic heterocycles. The van der Waals surface area contributed by atoms with Crippen molar-refractivity contribution < 1.29 is 9.59 Å². The third-order valence-corrected chi connectivity index (χ3v) is 4.20. The van der Waals surface area contributed by atoms with Gasteiger partial charge in [0.05, 0.1) is 5.41 Å². The van der Waals surface area contributed by atoms with Gasteiger partial charge in [0.25, 0.3) is 0 Å². The van der Waals surface area contributed by atoms with Crippen LogP contribution in [0.15, 0.2) is 0 Å². The zero-order valence-electron chi connectivity index (χ0n) is 10.6. The summed E-state index contributed by atoms with van der Waals surface area (Å²) in [6.07, 6.45) is 5.58. The number of nitrogens with zero attached hydrogens (tertiary/aromatic N) is 1. The highest BCUT2D eigenvalue weighted by Crippen LogP contribution is 2.45. The smallest absolute Gasteiger partial charge is 0.235 e. The van der Waals surface area contributed by atoms with Crippen molar-refractivity contribution in [3.63, 3.8) is 0 Å². The highest BCUT2D eigenvalue weighted by atomic mass is 16.2. The van der Waals surface area contributed by atoms with Crippen LogP contribution in [0.5, 0.6) is 0 Å². The van der Waals surface area contributed by atoms with E-state index < -0.39 is 0 Å². The van der Waals surface area contributed by atoms with E-state index in [0.29, 0.717) is 19.5 Å². The van der Waals surface area contributed by atoms with Gasteiger partial charge in [0, 0.05) is 13.0 Å². The number of carbonyl (C=O) groups excluding carboxylic acids is 2. The van der Waals surface area contributed by atoms with Crippen LogP contribution >= 0.6 is 0 Å². The Hall–Kier alpha value is -0.900. The maximum absolute atomic E-state index is 12.4. The fourth-order valence-corrected chi connectivity index (χ4v) is 3.05. The first kappa shape index (κ1) is 12.6. The third-order valence-electron chi connectivity index (χ3n) is 4.20. The Bertz CT molecular complexity index is 321. The van der Waals surface area contributed by atoms with Crippen LogP contribution in [0.25, 0.3) is 0 Å². The molecular formula is C13H22N2O2. The van der Waals surface area contributed by atoms with Gasteiger partial charge in [-0.1, -0.05) is 26.2 Å². The standard InChI is InChI=1S/C13H22N2O2/c1-10(8-14)9-15-11(16)7-13(12(15)17)5-3-2-4-6-13/h10H,2-9,14H2,1H3. The van der Waals surface area contributed by atoms with E-state index in [9.17, 15) is 9.59 Å². The van der Waals surface area contributed by atoms with Crippen LogP contribution in [-0.2, 0) is 9.59 Å². The molecule has 0 bridgehead atoms. The molecule has 4 nitrogen and oxygen atoms in total. The van der Waals surface area contributed by atoms with Crippen LogP contribution in [0.3, 0.4) is 0 Å². The maximum atomic E-state index is 12.4. The molecule has 17 heavy (non-hydrogen) atoms. The number of amides is 2. The largest absolute Gasteiger partial charge is 0.330 e. The van der Waals surface area contributed by atoms with Crippen LogP contribution in [0.2, 0.25) is 0 Å². The number of likely N-dealkylation sites (tertiary alicyclic amines) is 1. The topological polar surface area (TPSA) is 63.4 Å². The number of carbonyl (C=O) groups is 2. The van der Waals surface area contributed by atoms with Gasteiger partial charge in [-0.25, -0.2) is 0 Å². The molecule has 2 N–H and O–H groups in total. The molecule has 4 heteroatoms. The summed E-state index contributed by atoms with van der Waals surface area (Å²) in [5.74, 6) is 0.279. The van der Waals surface area contributed by atoms with Gasteiger partial charge in [0.1, 0.15) is 0 Å². The van der Waals surface area contributed by atoms with Crippen LogP contribution in [0.4, 0.5) is 0 Å². The highest BCUT2D eigenvalue weighted by molar-refractivity contribution is 6.05. The lowest BCUT2D eigenvalue weighted by Gasteiger charge is -2.30. The van der Waals surface area contributed by atoms with Crippen molar-refractivity contribution in [3.05, 3.63) is 0 Å². The van der Waals surface area contributed by atoms with E-state index >= 15 is 0 Å². The van der Waals surface area contributed by atoms with Gasteiger partial charge >= 0.3 is 0 Å². The molecule has 2 aliphatic rings. The van der Waals surface area contributed by atoms with Crippen LogP contribution in [0.1, 0.15) is 45.4 Å². The third kappa shape index (κ3) is 2.23. The molecule has 0 aromatic carbocycles. The zero-order valence-corrected chi connectivity index (χ0v) is 10.6. The first-order valence-corrected chi connectivity index (χ1v) is 6.64. The minimum Gasteiger partial charge on any atom is -0.330 e. The van der Waals surface area contributed by atoms with Gasteiger partial charge in [-0.2, -0.15) is 0 Å². The summed E-state index contributed by atoms with van der Waals surface area (Å²) in [5.41, 5.74) is 5.22. The van der Waals surface area contributed by atoms with Gasteiger partial charge in [0.15, 0.2) is 0 Å². The predicted octanol–water partition coefficient (Wildman–Crippen LogP) is 1.29. The lowest BCUT2D eigenvalue weighted by molar-refractivity contribution is -0.142. The Labute approximate surface area is 103 Å². The molecular weight excluding hydrogens is 216 g/mol. The van der Waals surface area contributed by atoms with Crippen molar-refractivity contribution in [1.82, 2.24) is 4.90 Å². The quantitative estimate of drug-likeness (QED) is 0.754.